The maximum Gasteiger partial charge on any atom is 0.338 e. The third-order valence-electron chi connectivity index (χ3n) is 6.72. The zero-order chi connectivity index (χ0) is 29.8. The van der Waals surface area contributed by atoms with Gasteiger partial charge in [-0.2, -0.15) is 0 Å². The molecule has 0 aliphatic heterocycles. The molecule has 0 radical (unpaired) electrons. The summed E-state index contributed by atoms with van der Waals surface area (Å²) in [6, 6.07) is 15.1. The van der Waals surface area contributed by atoms with Crippen molar-refractivity contribution in [1.82, 2.24) is 0 Å². The Morgan fingerprint density at radius 1 is 0.756 bits per heavy atom. The van der Waals surface area contributed by atoms with Crippen LogP contribution in [0.25, 0.3) is 22.3 Å². The van der Waals surface area contributed by atoms with E-state index in [1.807, 2.05) is 18.2 Å². The first kappa shape index (κ1) is 29.2. The maximum atomic E-state index is 15.5. The molecule has 0 N–H and O–H groups in total. The molecule has 0 heterocycles. The standard InChI is InChI=1S/C34H31FO6/c1-19(2)32(36)39-18-25-8-7-23-13-24(10-11-29(23)25)30-12-9-22(16-31(30)35)26-14-27(40-33(37)20(3)4)17-28(15-26)41-34(38)21(5)6/h9-17,25H,1,3,5,7-8,18H2,2,4,6H3. The molecule has 41 heavy (non-hydrogen) atoms. The lowest BCUT2D eigenvalue weighted by atomic mass is 9.95. The monoisotopic (exact) mass is 554 g/mol. The molecule has 1 atom stereocenters. The molecule has 6 nitrogen and oxygen atoms in total. The largest absolute Gasteiger partial charge is 0.462 e. The van der Waals surface area contributed by atoms with Gasteiger partial charge in [-0.25, -0.2) is 18.8 Å². The Labute approximate surface area is 238 Å². The van der Waals surface area contributed by atoms with E-state index in [2.05, 4.69) is 19.7 Å². The Morgan fingerprint density at radius 2 is 1.34 bits per heavy atom. The summed E-state index contributed by atoms with van der Waals surface area (Å²) in [7, 11) is 0. The first-order valence-electron chi connectivity index (χ1n) is 13.1. The number of rotatable bonds is 9. The smallest absolute Gasteiger partial charge is 0.338 e. The second-order valence-corrected chi connectivity index (χ2v) is 10.3. The third-order valence-corrected chi connectivity index (χ3v) is 6.72. The van der Waals surface area contributed by atoms with Crippen LogP contribution in [0.2, 0.25) is 0 Å². The molecule has 0 spiro atoms. The average Bonchev–Trinajstić information content (AvgIpc) is 3.33. The lowest BCUT2D eigenvalue weighted by Gasteiger charge is -2.14. The van der Waals surface area contributed by atoms with Crippen LogP contribution in [0.3, 0.4) is 0 Å². The highest BCUT2D eigenvalue weighted by atomic mass is 19.1. The van der Waals surface area contributed by atoms with Crippen LogP contribution < -0.4 is 9.47 Å². The summed E-state index contributed by atoms with van der Waals surface area (Å²) in [5.74, 6) is -1.82. The van der Waals surface area contributed by atoms with Crippen LogP contribution in [0.4, 0.5) is 4.39 Å². The van der Waals surface area contributed by atoms with E-state index in [9.17, 15) is 14.4 Å². The van der Waals surface area contributed by atoms with Gasteiger partial charge in [-0.3, -0.25) is 0 Å². The van der Waals surface area contributed by atoms with Crippen LogP contribution in [-0.2, 0) is 25.5 Å². The van der Waals surface area contributed by atoms with Crippen molar-refractivity contribution in [2.24, 2.45) is 0 Å². The van der Waals surface area contributed by atoms with Crippen molar-refractivity contribution < 1.29 is 33.0 Å². The first-order valence-corrected chi connectivity index (χ1v) is 13.1. The first-order chi connectivity index (χ1) is 19.4. The van der Waals surface area contributed by atoms with Gasteiger partial charge in [0.25, 0.3) is 0 Å². The van der Waals surface area contributed by atoms with E-state index < -0.39 is 23.7 Å². The van der Waals surface area contributed by atoms with E-state index in [-0.39, 0.29) is 35.2 Å². The summed E-state index contributed by atoms with van der Waals surface area (Å²) in [5, 5.41) is 0. The predicted molar refractivity (Wildman–Crippen MR) is 155 cm³/mol. The Kier molecular flexibility index (Phi) is 8.67. The third kappa shape index (κ3) is 6.87. The van der Waals surface area contributed by atoms with Crippen LogP contribution in [0.1, 0.15) is 44.2 Å². The number of fused-ring (bicyclic) bond motifs is 1. The van der Waals surface area contributed by atoms with Gasteiger partial charge in [-0.05, 0) is 79.6 Å². The van der Waals surface area contributed by atoms with E-state index in [1.165, 1.54) is 26.0 Å². The van der Waals surface area contributed by atoms with Gasteiger partial charge in [-0.15, -0.1) is 0 Å². The van der Waals surface area contributed by atoms with Crippen LogP contribution in [0, 0.1) is 5.82 Å². The van der Waals surface area contributed by atoms with Crippen molar-refractivity contribution in [2.75, 3.05) is 6.61 Å². The van der Waals surface area contributed by atoms with Crippen molar-refractivity contribution in [1.29, 1.82) is 0 Å². The quantitative estimate of drug-likeness (QED) is 0.157. The molecule has 3 aromatic carbocycles. The molecule has 0 bridgehead atoms. The summed E-state index contributed by atoms with van der Waals surface area (Å²) in [5.41, 5.74) is 5.07. The Morgan fingerprint density at radius 3 is 1.90 bits per heavy atom. The molecule has 1 aliphatic rings. The predicted octanol–water partition coefficient (Wildman–Crippen LogP) is 7.27. The van der Waals surface area contributed by atoms with Gasteiger partial charge < -0.3 is 14.2 Å². The molecule has 0 aromatic heterocycles. The molecule has 0 amide bonds. The molecule has 210 valence electrons. The van der Waals surface area contributed by atoms with Crippen molar-refractivity contribution in [3.8, 4) is 33.8 Å². The molecule has 1 unspecified atom stereocenters. The number of halogens is 1. The van der Waals surface area contributed by atoms with Crippen molar-refractivity contribution in [2.45, 2.75) is 39.5 Å². The Balaban J connectivity index is 1.61. The lowest BCUT2D eigenvalue weighted by molar-refractivity contribution is -0.139. The van der Waals surface area contributed by atoms with E-state index in [4.69, 9.17) is 14.2 Å². The van der Waals surface area contributed by atoms with Gasteiger partial charge >= 0.3 is 17.9 Å². The lowest BCUT2D eigenvalue weighted by Crippen LogP contribution is -2.11. The molecule has 1 aliphatic carbocycles. The topological polar surface area (TPSA) is 78.9 Å². The molecular formula is C34H31FO6. The second-order valence-electron chi connectivity index (χ2n) is 10.3. The summed E-state index contributed by atoms with van der Waals surface area (Å²) in [6.45, 7) is 15.7. The maximum absolute atomic E-state index is 15.5. The van der Waals surface area contributed by atoms with E-state index >= 15 is 4.39 Å². The van der Waals surface area contributed by atoms with Gasteiger partial charge in [-0.1, -0.05) is 50.1 Å². The Hall–Kier alpha value is -4.78. The highest BCUT2D eigenvalue weighted by Crippen LogP contribution is 2.38. The number of benzene rings is 3. The van der Waals surface area contributed by atoms with Crippen LogP contribution in [0.5, 0.6) is 11.5 Å². The zero-order valence-electron chi connectivity index (χ0n) is 23.3. The molecule has 7 heteroatoms. The highest BCUT2D eigenvalue weighted by Gasteiger charge is 2.25. The van der Waals surface area contributed by atoms with Crippen molar-refractivity contribution in [3.63, 3.8) is 0 Å². The van der Waals surface area contributed by atoms with Gasteiger partial charge in [0.1, 0.15) is 17.3 Å². The number of ether oxygens (including phenoxy) is 3. The van der Waals surface area contributed by atoms with Gasteiger partial charge in [0.15, 0.2) is 0 Å². The summed E-state index contributed by atoms with van der Waals surface area (Å²) in [4.78, 5) is 36.0. The molecule has 0 fully saturated rings. The summed E-state index contributed by atoms with van der Waals surface area (Å²) < 4.78 is 31.6. The Bertz CT molecular complexity index is 1550. The minimum Gasteiger partial charge on any atom is -0.462 e. The highest BCUT2D eigenvalue weighted by molar-refractivity contribution is 5.90. The number of aryl methyl sites for hydroxylation is 1. The van der Waals surface area contributed by atoms with Crippen LogP contribution in [0.15, 0.2) is 91.1 Å². The number of hydrogen-bond acceptors (Lipinski definition) is 6. The van der Waals surface area contributed by atoms with Crippen molar-refractivity contribution >= 4 is 17.9 Å². The van der Waals surface area contributed by atoms with Gasteiger partial charge in [0, 0.05) is 34.3 Å². The normalized spacial score (nSPS) is 13.6. The SMILES string of the molecule is C=C(C)C(=O)OCC1CCc2cc(-c3ccc(-c4cc(OC(=O)C(=C)C)cc(OC(=O)C(=C)C)c4)cc3F)ccc21. The zero-order valence-corrected chi connectivity index (χ0v) is 23.3. The molecule has 0 saturated carbocycles. The molecule has 4 rings (SSSR count). The minimum atomic E-state index is -0.645. The second kappa shape index (κ2) is 12.2. The molecule has 3 aromatic rings. The molecular weight excluding hydrogens is 523 g/mol. The van der Waals surface area contributed by atoms with Gasteiger partial charge in [0.2, 0.25) is 0 Å². The number of esters is 3. The fourth-order valence-electron chi connectivity index (χ4n) is 4.52. The number of carbonyl (C=O) groups excluding carboxylic acids is 3. The van der Waals surface area contributed by atoms with E-state index in [0.29, 0.717) is 22.3 Å². The summed E-state index contributed by atoms with van der Waals surface area (Å²) in [6.07, 6.45) is 1.65. The van der Waals surface area contributed by atoms with E-state index in [1.54, 1.807) is 31.2 Å². The van der Waals surface area contributed by atoms with Crippen molar-refractivity contribution in [3.05, 3.63) is 108 Å². The van der Waals surface area contributed by atoms with Crippen LogP contribution >= 0.6 is 0 Å². The van der Waals surface area contributed by atoms with E-state index in [0.717, 1.165) is 29.5 Å². The minimum absolute atomic E-state index is 0.0917. The molecule has 0 saturated heterocycles. The van der Waals surface area contributed by atoms with Gasteiger partial charge in [0.05, 0.1) is 6.61 Å². The summed E-state index contributed by atoms with van der Waals surface area (Å²) >= 11 is 0. The number of carbonyl (C=O) groups is 3. The average molecular weight is 555 g/mol. The number of hydrogen-bond donors (Lipinski definition) is 0. The fourth-order valence-corrected chi connectivity index (χ4v) is 4.52. The fraction of sp³-hybridized carbons (Fsp3) is 0.206. The van der Waals surface area contributed by atoms with Crippen LogP contribution in [-0.4, -0.2) is 24.5 Å².